The van der Waals surface area contributed by atoms with E-state index in [4.69, 9.17) is 4.74 Å². The zero-order valence-electron chi connectivity index (χ0n) is 20.9. The number of carbonyl (C=O) groups is 2. The van der Waals surface area contributed by atoms with Crippen LogP contribution in [-0.2, 0) is 21.6 Å². The van der Waals surface area contributed by atoms with Gasteiger partial charge in [-0.3, -0.25) is 9.59 Å². The molecule has 0 saturated carbocycles. The van der Waals surface area contributed by atoms with Gasteiger partial charge in [0.2, 0.25) is 0 Å². The second-order valence-corrected chi connectivity index (χ2v) is 11.4. The maximum absolute atomic E-state index is 14.6. The summed E-state index contributed by atoms with van der Waals surface area (Å²) in [5, 5.41) is 0. The molecule has 1 atom stereocenters. The van der Waals surface area contributed by atoms with Crippen LogP contribution < -0.4 is 9.64 Å². The highest BCUT2D eigenvalue weighted by molar-refractivity contribution is 8.01. The SMILES string of the molecule is COc1ccc2c(c1)C1(SCCN1C(=O)c1ccccc1F)C(=O)N2Cc1ccc(C(C)(C)C)cc1. The molecular weight excluding hydrogens is 475 g/mol. The number of methoxy groups -OCH3 is 1. The predicted molar refractivity (Wildman–Crippen MR) is 141 cm³/mol. The minimum Gasteiger partial charge on any atom is -0.497 e. The van der Waals surface area contributed by atoms with E-state index in [0.29, 0.717) is 30.2 Å². The lowest BCUT2D eigenvalue weighted by molar-refractivity contribution is -0.123. The van der Waals surface area contributed by atoms with Crippen LogP contribution in [0.3, 0.4) is 0 Å². The number of anilines is 1. The van der Waals surface area contributed by atoms with Crippen LogP contribution in [-0.4, -0.2) is 36.1 Å². The van der Waals surface area contributed by atoms with E-state index in [-0.39, 0.29) is 16.9 Å². The summed E-state index contributed by atoms with van der Waals surface area (Å²) in [6.45, 7) is 7.20. The third kappa shape index (κ3) is 3.86. The van der Waals surface area contributed by atoms with Gasteiger partial charge in [-0.15, -0.1) is 11.8 Å². The quantitative estimate of drug-likeness (QED) is 0.456. The van der Waals surface area contributed by atoms with E-state index in [0.717, 1.165) is 11.3 Å². The predicted octanol–water partition coefficient (Wildman–Crippen LogP) is 5.72. The average Bonchev–Trinajstić information content (AvgIpc) is 3.40. The van der Waals surface area contributed by atoms with Crippen molar-refractivity contribution in [1.82, 2.24) is 4.90 Å². The molecule has 1 unspecified atom stereocenters. The summed E-state index contributed by atoms with van der Waals surface area (Å²) in [6, 6.07) is 19.7. The molecule has 36 heavy (non-hydrogen) atoms. The van der Waals surface area contributed by atoms with E-state index < -0.39 is 16.6 Å². The first kappa shape index (κ1) is 24.4. The lowest BCUT2D eigenvalue weighted by atomic mass is 9.87. The van der Waals surface area contributed by atoms with Crippen molar-refractivity contribution in [2.75, 3.05) is 24.3 Å². The first-order valence-electron chi connectivity index (χ1n) is 12.0. The Bertz CT molecular complexity index is 1340. The number of fused-ring (bicyclic) bond motifs is 2. The van der Waals surface area contributed by atoms with Crippen molar-refractivity contribution >= 4 is 29.3 Å². The number of amides is 2. The highest BCUT2D eigenvalue weighted by atomic mass is 32.2. The number of hydrogen-bond donors (Lipinski definition) is 0. The Balaban J connectivity index is 1.57. The van der Waals surface area contributed by atoms with Crippen molar-refractivity contribution in [3.05, 3.63) is 94.8 Å². The van der Waals surface area contributed by atoms with Crippen molar-refractivity contribution < 1.29 is 18.7 Å². The van der Waals surface area contributed by atoms with Gasteiger partial charge in [-0.2, -0.15) is 0 Å². The van der Waals surface area contributed by atoms with Crippen LogP contribution in [0.4, 0.5) is 10.1 Å². The average molecular weight is 505 g/mol. The topological polar surface area (TPSA) is 49.9 Å². The molecule has 1 fully saturated rings. The van der Waals surface area contributed by atoms with E-state index in [1.54, 1.807) is 24.1 Å². The summed E-state index contributed by atoms with van der Waals surface area (Å²) < 4.78 is 20.1. The van der Waals surface area contributed by atoms with Gasteiger partial charge >= 0.3 is 0 Å². The molecule has 2 heterocycles. The molecule has 5 nitrogen and oxygen atoms in total. The first-order chi connectivity index (χ1) is 17.2. The number of benzene rings is 3. The highest BCUT2D eigenvalue weighted by Crippen LogP contribution is 2.55. The maximum Gasteiger partial charge on any atom is 0.268 e. The molecule has 2 aliphatic rings. The van der Waals surface area contributed by atoms with E-state index in [9.17, 15) is 14.0 Å². The van der Waals surface area contributed by atoms with Crippen LogP contribution in [0.1, 0.15) is 47.8 Å². The van der Waals surface area contributed by atoms with Gasteiger partial charge < -0.3 is 14.5 Å². The Morgan fingerprint density at radius 3 is 2.47 bits per heavy atom. The van der Waals surface area contributed by atoms with Crippen molar-refractivity contribution in [3.63, 3.8) is 0 Å². The molecular formula is C29H29FN2O3S. The lowest BCUT2D eigenvalue weighted by Crippen LogP contribution is -2.50. The molecule has 5 rings (SSSR count). The van der Waals surface area contributed by atoms with Gasteiger partial charge in [-0.1, -0.05) is 57.2 Å². The lowest BCUT2D eigenvalue weighted by Gasteiger charge is -2.33. The van der Waals surface area contributed by atoms with Crippen LogP contribution in [0.5, 0.6) is 5.75 Å². The molecule has 0 radical (unpaired) electrons. The van der Waals surface area contributed by atoms with Gasteiger partial charge in [-0.25, -0.2) is 4.39 Å². The Hall–Kier alpha value is -3.32. The maximum atomic E-state index is 14.6. The summed E-state index contributed by atoms with van der Waals surface area (Å²) in [7, 11) is 1.57. The van der Waals surface area contributed by atoms with Crippen LogP contribution >= 0.6 is 11.8 Å². The number of hydrogen-bond acceptors (Lipinski definition) is 4. The smallest absolute Gasteiger partial charge is 0.268 e. The van der Waals surface area contributed by atoms with Gasteiger partial charge in [0.05, 0.1) is 24.9 Å². The minimum absolute atomic E-state index is 0.0310. The summed E-state index contributed by atoms with van der Waals surface area (Å²) in [5.74, 6) is -0.115. The molecule has 1 spiro atoms. The summed E-state index contributed by atoms with van der Waals surface area (Å²) in [5.41, 5.74) is 3.64. The molecule has 7 heteroatoms. The second kappa shape index (κ2) is 8.96. The molecule has 0 N–H and O–H groups in total. The van der Waals surface area contributed by atoms with Crippen molar-refractivity contribution in [3.8, 4) is 5.75 Å². The monoisotopic (exact) mass is 504 g/mol. The largest absolute Gasteiger partial charge is 0.497 e. The standard InChI is InChI=1S/C29H29FN2O3S/c1-28(2,3)20-11-9-19(10-12-20)18-31-25-14-13-21(35-4)17-23(25)29(27(31)34)32(15-16-36-29)26(33)22-7-5-6-8-24(22)30/h5-14,17H,15-16,18H2,1-4H3. The summed E-state index contributed by atoms with van der Waals surface area (Å²) in [4.78, 5) is 29.8. The fourth-order valence-electron chi connectivity index (χ4n) is 4.95. The molecule has 186 valence electrons. The Kier molecular flexibility index (Phi) is 6.07. The number of ether oxygens (including phenoxy) is 1. The molecule has 2 amide bonds. The minimum atomic E-state index is -1.27. The van der Waals surface area contributed by atoms with E-state index >= 15 is 0 Å². The number of rotatable bonds is 4. The molecule has 0 bridgehead atoms. The molecule has 3 aromatic rings. The van der Waals surface area contributed by atoms with Gasteiger partial charge in [0.1, 0.15) is 11.6 Å². The Labute approximate surface area is 215 Å². The molecule has 0 aromatic heterocycles. The van der Waals surface area contributed by atoms with Crippen molar-refractivity contribution in [2.45, 2.75) is 37.6 Å². The van der Waals surface area contributed by atoms with Crippen molar-refractivity contribution in [1.29, 1.82) is 0 Å². The van der Waals surface area contributed by atoms with Crippen LogP contribution in [0.15, 0.2) is 66.7 Å². The number of nitrogens with zero attached hydrogens (tertiary/aromatic N) is 2. The van der Waals surface area contributed by atoms with Crippen molar-refractivity contribution in [2.24, 2.45) is 0 Å². The number of carbonyl (C=O) groups excluding carboxylic acids is 2. The van der Waals surface area contributed by atoms with Crippen LogP contribution in [0.25, 0.3) is 0 Å². The zero-order chi connectivity index (χ0) is 25.7. The third-order valence-electron chi connectivity index (χ3n) is 6.91. The molecule has 1 saturated heterocycles. The van der Waals surface area contributed by atoms with Gasteiger partial charge in [0.15, 0.2) is 4.87 Å². The number of halogens is 1. The summed E-state index contributed by atoms with van der Waals surface area (Å²) in [6.07, 6.45) is 0. The molecule has 0 aliphatic carbocycles. The normalized spacial score (nSPS) is 19.2. The van der Waals surface area contributed by atoms with Gasteiger partial charge in [-0.05, 0) is 46.9 Å². The first-order valence-corrected chi connectivity index (χ1v) is 13.0. The van der Waals surface area contributed by atoms with Crippen LogP contribution in [0, 0.1) is 5.82 Å². The van der Waals surface area contributed by atoms with E-state index in [1.165, 1.54) is 34.4 Å². The van der Waals surface area contributed by atoms with E-state index in [1.807, 2.05) is 30.3 Å². The number of thioether (sulfide) groups is 1. The highest BCUT2D eigenvalue weighted by Gasteiger charge is 2.59. The zero-order valence-corrected chi connectivity index (χ0v) is 21.7. The Morgan fingerprint density at radius 1 is 1.08 bits per heavy atom. The molecule has 3 aromatic carbocycles. The Morgan fingerprint density at radius 2 is 1.81 bits per heavy atom. The van der Waals surface area contributed by atoms with Gasteiger partial charge in [0, 0.05) is 17.9 Å². The fraction of sp³-hybridized carbons (Fsp3) is 0.310. The molecule has 2 aliphatic heterocycles. The fourth-order valence-corrected chi connectivity index (χ4v) is 6.40. The second-order valence-electron chi connectivity index (χ2n) is 10.2. The van der Waals surface area contributed by atoms with Gasteiger partial charge in [0.25, 0.3) is 11.8 Å². The van der Waals surface area contributed by atoms with E-state index in [2.05, 4.69) is 32.9 Å². The van der Waals surface area contributed by atoms with Crippen LogP contribution in [0.2, 0.25) is 0 Å². The summed E-state index contributed by atoms with van der Waals surface area (Å²) >= 11 is 1.42. The third-order valence-corrected chi connectivity index (χ3v) is 8.33.